The van der Waals surface area contributed by atoms with Crippen LogP contribution in [0, 0.1) is 0 Å². The molecular formula is C15H14Cl2N2O. The molecule has 20 heavy (non-hydrogen) atoms. The van der Waals surface area contributed by atoms with Crippen molar-refractivity contribution in [2.24, 2.45) is 0 Å². The van der Waals surface area contributed by atoms with Crippen LogP contribution in [0.4, 0.5) is 0 Å². The third-order valence-corrected chi connectivity index (χ3v) is 3.97. The van der Waals surface area contributed by atoms with E-state index in [9.17, 15) is 0 Å². The highest BCUT2D eigenvalue weighted by Crippen LogP contribution is 2.36. The quantitative estimate of drug-likeness (QED) is 0.755. The predicted octanol–water partition coefficient (Wildman–Crippen LogP) is 4.69. The van der Waals surface area contributed by atoms with Crippen LogP contribution in [-0.2, 0) is 4.74 Å². The van der Waals surface area contributed by atoms with Crippen LogP contribution < -0.4 is 0 Å². The van der Waals surface area contributed by atoms with Gasteiger partial charge in [0.05, 0.1) is 11.7 Å². The Balaban J connectivity index is 1.99. The summed E-state index contributed by atoms with van der Waals surface area (Å²) in [6.07, 6.45) is 2.03. The van der Waals surface area contributed by atoms with Crippen molar-refractivity contribution < 1.29 is 4.74 Å². The molecule has 1 fully saturated rings. The molecule has 2 aromatic rings. The highest BCUT2D eigenvalue weighted by molar-refractivity contribution is 6.37. The number of benzene rings is 1. The van der Waals surface area contributed by atoms with Gasteiger partial charge in [-0.25, -0.2) is 9.97 Å². The summed E-state index contributed by atoms with van der Waals surface area (Å²) in [5, 5.41) is 0.740. The normalized spacial score (nSPS) is 22.1. The molecule has 0 amide bonds. The van der Waals surface area contributed by atoms with E-state index in [1.165, 1.54) is 0 Å². The Morgan fingerprint density at radius 3 is 2.25 bits per heavy atom. The first kappa shape index (κ1) is 13.8. The van der Waals surface area contributed by atoms with Gasteiger partial charge in [-0.05, 0) is 25.3 Å². The highest BCUT2D eigenvalue weighted by atomic mass is 35.5. The van der Waals surface area contributed by atoms with E-state index in [0.717, 1.165) is 18.4 Å². The van der Waals surface area contributed by atoms with Gasteiger partial charge < -0.3 is 4.74 Å². The predicted molar refractivity (Wildman–Crippen MR) is 80.0 cm³/mol. The SMILES string of the molecule is CC1CCC(c2nc(Cl)c(-c3ccccc3)c(Cl)n2)O1. The van der Waals surface area contributed by atoms with Gasteiger partial charge in [0.25, 0.3) is 0 Å². The van der Waals surface area contributed by atoms with Crippen LogP contribution in [0.2, 0.25) is 10.3 Å². The van der Waals surface area contributed by atoms with Crippen molar-refractivity contribution in [1.29, 1.82) is 0 Å². The molecule has 2 unspecified atom stereocenters. The summed E-state index contributed by atoms with van der Waals surface area (Å²) in [5.41, 5.74) is 1.58. The number of hydrogen-bond donors (Lipinski definition) is 0. The van der Waals surface area contributed by atoms with Crippen molar-refractivity contribution >= 4 is 23.2 Å². The molecule has 0 spiro atoms. The zero-order valence-electron chi connectivity index (χ0n) is 11.0. The molecule has 5 heteroatoms. The van der Waals surface area contributed by atoms with Gasteiger partial charge in [0.15, 0.2) is 5.82 Å². The molecule has 104 valence electrons. The van der Waals surface area contributed by atoms with Crippen molar-refractivity contribution in [3.63, 3.8) is 0 Å². The van der Waals surface area contributed by atoms with E-state index < -0.39 is 0 Å². The monoisotopic (exact) mass is 308 g/mol. The summed E-state index contributed by atoms with van der Waals surface area (Å²) >= 11 is 12.6. The molecule has 0 N–H and O–H groups in total. The van der Waals surface area contributed by atoms with E-state index in [1.54, 1.807) is 0 Å². The fraction of sp³-hybridized carbons (Fsp3) is 0.333. The Bertz CT molecular complexity index is 596. The van der Waals surface area contributed by atoms with E-state index in [4.69, 9.17) is 27.9 Å². The van der Waals surface area contributed by atoms with Crippen LogP contribution in [0.15, 0.2) is 30.3 Å². The molecule has 1 saturated heterocycles. The largest absolute Gasteiger partial charge is 0.367 e. The van der Waals surface area contributed by atoms with Crippen LogP contribution in [0.3, 0.4) is 0 Å². The first-order valence-corrected chi connectivity index (χ1v) is 7.34. The second-order valence-electron chi connectivity index (χ2n) is 4.92. The molecule has 2 heterocycles. The minimum Gasteiger partial charge on any atom is -0.367 e. The molecule has 0 bridgehead atoms. The summed E-state index contributed by atoms with van der Waals surface area (Å²) < 4.78 is 5.76. The zero-order chi connectivity index (χ0) is 14.1. The third kappa shape index (κ3) is 2.66. The second kappa shape index (κ2) is 5.68. The summed E-state index contributed by atoms with van der Waals surface area (Å²) in [5.74, 6) is 0.573. The molecule has 3 nitrogen and oxygen atoms in total. The van der Waals surface area contributed by atoms with Crippen molar-refractivity contribution in [1.82, 2.24) is 9.97 Å². The maximum atomic E-state index is 6.29. The first-order valence-electron chi connectivity index (χ1n) is 6.59. The Morgan fingerprint density at radius 2 is 1.70 bits per heavy atom. The summed E-state index contributed by atoms with van der Waals surface area (Å²) in [6.45, 7) is 2.04. The van der Waals surface area contributed by atoms with Gasteiger partial charge in [0, 0.05) is 0 Å². The Hall–Kier alpha value is -1.16. The number of hydrogen-bond acceptors (Lipinski definition) is 3. The molecule has 0 radical (unpaired) electrons. The lowest BCUT2D eigenvalue weighted by Gasteiger charge is -2.13. The lowest BCUT2D eigenvalue weighted by molar-refractivity contribution is 0.0503. The summed E-state index contributed by atoms with van der Waals surface area (Å²) in [4.78, 5) is 8.74. The highest BCUT2D eigenvalue weighted by Gasteiger charge is 2.27. The molecule has 0 aliphatic carbocycles. The minimum atomic E-state index is -0.107. The van der Waals surface area contributed by atoms with E-state index in [-0.39, 0.29) is 12.2 Å². The van der Waals surface area contributed by atoms with Crippen LogP contribution in [0.5, 0.6) is 0 Å². The van der Waals surface area contributed by atoms with Crippen molar-refractivity contribution in [2.75, 3.05) is 0 Å². The Morgan fingerprint density at radius 1 is 1.05 bits per heavy atom. The maximum absolute atomic E-state index is 6.29. The van der Waals surface area contributed by atoms with E-state index in [1.807, 2.05) is 37.3 Å². The van der Waals surface area contributed by atoms with E-state index >= 15 is 0 Å². The van der Waals surface area contributed by atoms with Crippen molar-refractivity contribution in [2.45, 2.75) is 32.0 Å². The molecule has 1 aromatic heterocycles. The van der Waals surface area contributed by atoms with Gasteiger partial charge in [-0.1, -0.05) is 53.5 Å². The number of ether oxygens (including phenoxy) is 1. The number of rotatable bonds is 2. The Kier molecular flexibility index (Phi) is 3.92. The second-order valence-corrected chi connectivity index (χ2v) is 5.63. The Labute approximate surface area is 127 Å². The fourth-order valence-electron chi connectivity index (χ4n) is 2.40. The zero-order valence-corrected chi connectivity index (χ0v) is 12.5. The van der Waals surface area contributed by atoms with Crippen LogP contribution >= 0.6 is 23.2 Å². The van der Waals surface area contributed by atoms with E-state index in [0.29, 0.717) is 21.7 Å². The summed E-state index contributed by atoms with van der Waals surface area (Å²) in [6, 6.07) is 9.66. The van der Waals surface area contributed by atoms with Gasteiger partial charge >= 0.3 is 0 Å². The molecule has 2 atom stereocenters. The van der Waals surface area contributed by atoms with Gasteiger partial charge in [0.2, 0.25) is 0 Å². The minimum absolute atomic E-state index is 0.107. The van der Waals surface area contributed by atoms with Crippen LogP contribution in [0.1, 0.15) is 31.7 Å². The molecule has 0 saturated carbocycles. The number of aromatic nitrogens is 2. The first-order chi connectivity index (χ1) is 9.65. The van der Waals surface area contributed by atoms with Gasteiger partial charge in [-0.3, -0.25) is 0 Å². The van der Waals surface area contributed by atoms with Crippen LogP contribution in [0.25, 0.3) is 11.1 Å². The topological polar surface area (TPSA) is 35.0 Å². The smallest absolute Gasteiger partial charge is 0.160 e. The average molecular weight is 309 g/mol. The number of nitrogens with zero attached hydrogens (tertiary/aromatic N) is 2. The molecular weight excluding hydrogens is 295 g/mol. The van der Waals surface area contributed by atoms with Gasteiger partial charge in [-0.2, -0.15) is 0 Å². The van der Waals surface area contributed by atoms with Gasteiger partial charge in [-0.15, -0.1) is 0 Å². The standard InChI is InChI=1S/C15H14Cl2N2O/c1-9-7-8-11(20-9)15-18-13(16)12(14(17)19-15)10-5-3-2-4-6-10/h2-6,9,11H,7-8H2,1H3. The van der Waals surface area contributed by atoms with Gasteiger partial charge in [0.1, 0.15) is 16.4 Å². The summed E-state index contributed by atoms with van der Waals surface area (Å²) in [7, 11) is 0. The lowest BCUT2D eigenvalue weighted by Crippen LogP contribution is -2.06. The lowest BCUT2D eigenvalue weighted by atomic mass is 10.1. The maximum Gasteiger partial charge on any atom is 0.160 e. The average Bonchev–Trinajstić information content (AvgIpc) is 2.86. The van der Waals surface area contributed by atoms with Crippen molar-refractivity contribution in [3.8, 4) is 11.1 Å². The van der Waals surface area contributed by atoms with Crippen molar-refractivity contribution in [3.05, 3.63) is 46.5 Å². The molecule has 1 aliphatic rings. The molecule has 1 aliphatic heterocycles. The third-order valence-electron chi connectivity index (χ3n) is 3.42. The van der Waals surface area contributed by atoms with E-state index in [2.05, 4.69) is 9.97 Å². The fourth-order valence-corrected chi connectivity index (χ4v) is 3.02. The number of halogens is 2. The molecule has 1 aromatic carbocycles. The molecule has 3 rings (SSSR count). The van der Waals surface area contributed by atoms with Crippen LogP contribution in [-0.4, -0.2) is 16.1 Å².